The summed E-state index contributed by atoms with van der Waals surface area (Å²) in [6, 6.07) is 0.218. The van der Waals surface area contributed by atoms with E-state index in [9.17, 15) is 0 Å². The SMILES string of the molecule is CCC(N)Cc1nc(C(C)(C)C)ns1. The molecule has 0 aliphatic rings. The van der Waals surface area contributed by atoms with Gasteiger partial charge in [-0.3, -0.25) is 0 Å². The normalized spacial score (nSPS) is 14.4. The molecular weight excluding hydrogens is 194 g/mol. The smallest absolute Gasteiger partial charge is 0.147 e. The lowest BCUT2D eigenvalue weighted by molar-refractivity contribution is 0.550. The monoisotopic (exact) mass is 213 g/mol. The molecular formula is C10H19N3S. The van der Waals surface area contributed by atoms with Crippen molar-refractivity contribution >= 4 is 11.5 Å². The molecule has 3 nitrogen and oxygen atoms in total. The van der Waals surface area contributed by atoms with E-state index in [0.717, 1.165) is 23.7 Å². The minimum absolute atomic E-state index is 0.0467. The van der Waals surface area contributed by atoms with Crippen LogP contribution in [-0.2, 0) is 11.8 Å². The molecule has 1 heterocycles. The second-order valence-electron chi connectivity index (χ2n) is 4.63. The highest BCUT2D eigenvalue weighted by Crippen LogP contribution is 2.21. The van der Waals surface area contributed by atoms with Crippen LogP contribution >= 0.6 is 11.5 Å². The summed E-state index contributed by atoms with van der Waals surface area (Å²) in [5.41, 5.74) is 5.91. The fourth-order valence-electron chi connectivity index (χ4n) is 1.01. The minimum Gasteiger partial charge on any atom is -0.327 e. The van der Waals surface area contributed by atoms with E-state index in [4.69, 9.17) is 5.73 Å². The Labute approximate surface area is 89.9 Å². The van der Waals surface area contributed by atoms with Crippen LogP contribution in [0.1, 0.15) is 44.9 Å². The van der Waals surface area contributed by atoms with Crippen molar-refractivity contribution < 1.29 is 0 Å². The molecule has 0 saturated carbocycles. The molecule has 0 aromatic carbocycles. The Morgan fingerprint density at radius 2 is 2.07 bits per heavy atom. The third-order valence-electron chi connectivity index (χ3n) is 2.10. The average molecular weight is 213 g/mol. The highest BCUT2D eigenvalue weighted by Gasteiger charge is 2.19. The van der Waals surface area contributed by atoms with E-state index in [-0.39, 0.29) is 11.5 Å². The summed E-state index contributed by atoms with van der Waals surface area (Å²) in [5.74, 6) is 0.931. The van der Waals surface area contributed by atoms with Crippen molar-refractivity contribution in [2.75, 3.05) is 0 Å². The lowest BCUT2D eigenvalue weighted by Crippen LogP contribution is -2.21. The van der Waals surface area contributed by atoms with Gasteiger partial charge in [0.05, 0.1) is 0 Å². The first-order valence-corrected chi connectivity index (χ1v) is 5.79. The number of aromatic nitrogens is 2. The van der Waals surface area contributed by atoms with Crippen molar-refractivity contribution in [3.05, 3.63) is 10.8 Å². The Bertz CT molecular complexity index is 288. The summed E-state index contributed by atoms with van der Waals surface area (Å²) in [5, 5.41) is 1.06. The zero-order valence-corrected chi connectivity index (χ0v) is 10.2. The zero-order valence-electron chi connectivity index (χ0n) is 9.37. The maximum absolute atomic E-state index is 5.86. The standard InChI is InChI=1S/C10H19N3S/c1-5-7(11)6-8-12-9(13-14-8)10(2,3)4/h7H,5-6,11H2,1-4H3. The molecule has 0 amide bonds. The minimum atomic E-state index is 0.0467. The van der Waals surface area contributed by atoms with E-state index in [2.05, 4.69) is 37.1 Å². The summed E-state index contributed by atoms with van der Waals surface area (Å²) >= 11 is 1.48. The molecule has 1 atom stereocenters. The maximum Gasteiger partial charge on any atom is 0.147 e. The van der Waals surface area contributed by atoms with Gasteiger partial charge in [-0.05, 0) is 18.0 Å². The fourth-order valence-corrected chi connectivity index (χ4v) is 1.93. The molecule has 1 rings (SSSR count). The molecule has 1 aromatic heterocycles. The molecule has 0 bridgehead atoms. The van der Waals surface area contributed by atoms with E-state index in [1.54, 1.807) is 0 Å². The molecule has 80 valence electrons. The van der Waals surface area contributed by atoms with E-state index in [0.29, 0.717) is 0 Å². The maximum atomic E-state index is 5.86. The average Bonchev–Trinajstić information content (AvgIpc) is 2.51. The molecule has 1 unspecified atom stereocenters. The third kappa shape index (κ3) is 3.03. The van der Waals surface area contributed by atoms with Crippen LogP contribution in [0.25, 0.3) is 0 Å². The van der Waals surface area contributed by atoms with Gasteiger partial charge in [-0.2, -0.15) is 4.37 Å². The molecule has 1 aromatic rings. The van der Waals surface area contributed by atoms with Crippen LogP contribution in [0.3, 0.4) is 0 Å². The first kappa shape index (κ1) is 11.6. The lowest BCUT2D eigenvalue weighted by Gasteiger charge is -2.12. The second kappa shape index (κ2) is 4.36. The van der Waals surface area contributed by atoms with Gasteiger partial charge in [0.25, 0.3) is 0 Å². The van der Waals surface area contributed by atoms with Crippen molar-refractivity contribution in [3.8, 4) is 0 Å². The fraction of sp³-hybridized carbons (Fsp3) is 0.800. The molecule has 0 saturated heterocycles. The van der Waals surface area contributed by atoms with Gasteiger partial charge < -0.3 is 5.73 Å². The predicted molar refractivity (Wildman–Crippen MR) is 60.6 cm³/mol. The molecule has 4 heteroatoms. The van der Waals surface area contributed by atoms with Crippen molar-refractivity contribution in [2.24, 2.45) is 5.73 Å². The van der Waals surface area contributed by atoms with Gasteiger partial charge in [0, 0.05) is 17.9 Å². The Morgan fingerprint density at radius 1 is 1.43 bits per heavy atom. The lowest BCUT2D eigenvalue weighted by atomic mass is 9.96. The van der Waals surface area contributed by atoms with E-state index in [1.807, 2.05) is 0 Å². The van der Waals surface area contributed by atoms with Gasteiger partial charge in [-0.1, -0.05) is 27.7 Å². The molecule has 0 radical (unpaired) electrons. The Hall–Kier alpha value is -0.480. The first-order valence-electron chi connectivity index (χ1n) is 5.02. The summed E-state index contributed by atoms with van der Waals surface area (Å²) < 4.78 is 4.35. The first-order chi connectivity index (χ1) is 6.43. The summed E-state index contributed by atoms with van der Waals surface area (Å²) in [6.45, 7) is 8.46. The Balaban J connectivity index is 2.69. The van der Waals surface area contributed by atoms with Gasteiger partial charge in [0.15, 0.2) is 0 Å². The number of hydrogen-bond donors (Lipinski definition) is 1. The zero-order chi connectivity index (χ0) is 10.8. The second-order valence-corrected chi connectivity index (χ2v) is 5.47. The largest absolute Gasteiger partial charge is 0.327 e. The Kier molecular flexibility index (Phi) is 3.61. The molecule has 2 N–H and O–H groups in total. The van der Waals surface area contributed by atoms with Crippen molar-refractivity contribution in [1.82, 2.24) is 9.36 Å². The molecule has 0 aliphatic carbocycles. The van der Waals surface area contributed by atoms with Gasteiger partial charge in [-0.15, -0.1) is 0 Å². The number of nitrogens with two attached hydrogens (primary N) is 1. The van der Waals surface area contributed by atoms with Gasteiger partial charge in [0.1, 0.15) is 10.8 Å². The topological polar surface area (TPSA) is 51.8 Å². The van der Waals surface area contributed by atoms with Crippen LogP contribution < -0.4 is 5.73 Å². The molecule has 14 heavy (non-hydrogen) atoms. The highest BCUT2D eigenvalue weighted by molar-refractivity contribution is 7.05. The Morgan fingerprint density at radius 3 is 2.50 bits per heavy atom. The van der Waals surface area contributed by atoms with Crippen LogP contribution in [0.15, 0.2) is 0 Å². The van der Waals surface area contributed by atoms with Gasteiger partial charge in [-0.25, -0.2) is 4.98 Å². The van der Waals surface area contributed by atoms with E-state index in [1.165, 1.54) is 11.5 Å². The van der Waals surface area contributed by atoms with Gasteiger partial charge in [0.2, 0.25) is 0 Å². The van der Waals surface area contributed by atoms with E-state index < -0.39 is 0 Å². The molecule has 0 fully saturated rings. The number of hydrogen-bond acceptors (Lipinski definition) is 4. The highest BCUT2D eigenvalue weighted by atomic mass is 32.1. The van der Waals surface area contributed by atoms with Crippen LogP contribution in [0.4, 0.5) is 0 Å². The molecule has 0 spiro atoms. The van der Waals surface area contributed by atoms with Crippen LogP contribution in [0.5, 0.6) is 0 Å². The van der Waals surface area contributed by atoms with Crippen molar-refractivity contribution in [3.63, 3.8) is 0 Å². The third-order valence-corrected chi connectivity index (χ3v) is 2.83. The van der Waals surface area contributed by atoms with E-state index >= 15 is 0 Å². The number of rotatable bonds is 3. The summed E-state index contributed by atoms with van der Waals surface area (Å²) in [4.78, 5) is 4.50. The summed E-state index contributed by atoms with van der Waals surface area (Å²) in [6.07, 6.45) is 1.84. The van der Waals surface area contributed by atoms with Crippen molar-refractivity contribution in [2.45, 2.75) is 52.0 Å². The quantitative estimate of drug-likeness (QED) is 0.836. The van der Waals surface area contributed by atoms with Crippen molar-refractivity contribution in [1.29, 1.82) is 0 Å². The van der Waals surface area contributed by atoms with Crippen LogP contribution in [-0.4, -0.2) is 15.4 Å². The number of nitrogens with zero attached hydrogens (tertiary/aromatic N) is 2. The molecule has 0 aliphatic heterocycles. The predicted octanol–water partition coefficient (Wildman–Crippen LogP) is 2.12. The van der Waals surface area contributed by atoms with Crippen LogP contribution in [0.2, 0.25) is 0 Å². The van der Waals surface area contributed by atoms with Crippen LogP contribution in [0, 0.1) is 0 Å². The van der Waals surface area contributed by atoms with Gasteiger partial charge >= 0.3 is 0 Å². The summed E-state index contributed by atoms with van der Waals surface area (Å²) in [7, 11) is 0.